The van der Waals surface area contributed by atoms with Crippen LogP contribution < -0.4 is 0 Å². The van der Waals surface area contributed by atoms with E-state index in [0.717, 1.165) is 5.56 Å². The summed E-state index contributed by atoms with van der Waals surface area (Å²) in [5.41, 5.74) is 0.615. The molecule has 0 saturated heterocycles. The summed E-state index contributed by atoms with van der Waals surface area (Å²) >= 11 is 0. The lowest BCUT2D eigenvalue weighted by Gasteiger charge is -2.27. The van der Waals surface area contributed by atoms with Crippen molar-refractivity contribution in [2.24, 2.45) is 0 Å². The molecule has 3 radical (unpaired) electrons. The zero-order valence-corrected chi connectivity index (χ0v) is 11.8. The van der Waals surface area contributed by atoms with Crippen molar-refractivity contribution in [3.05, 3.63) is 35.9 Å². The standard InChI is InChI=1S/C12H17NO.C2H6.B/c1-12(2,11(14)13(3)4)10-8-6-5-7-9-10;1-2;/h5-9H,1-4H3;1-2H3;. The van der Waals surface area contributed by atoms with Gasteiger partial charge in [0.1, 0.15) is 0 Å². The number of benzene rings is 1. The van der Waals surface area contributed by atoms with E-state index in [0.29, 0.717) is 0 Å². The van der Waals surface area contributed by atoms with E-state index in [2.05, 4.69) is 0 Å². The van der Waals surface area contributed by atoms with Crippen molar-refractivity contribution in [1.82, 2.24) is 4.90 Å². The number of carbonyl (C=O) groups is 1. The minimum Gasteiger partial charge on any atom is -0.348 e. The van der Waals surface area contributed by atoms with Crippen LogP contribution in [0.2, 0.25) is 0 Å². The summed E-state index contributed by atoms with van der Waals surface area (Å²) in [6, 6.07) is 9.85. The number of likely N-dealkylation sites (N-methyl/N-ethyl adjacent to an activating group) is 1. The summed E-state index contributed by atoms with van der Waals surface area (Å²) in [7, 11) is 3.57. The van der Waals surface area contributed by atoms with Gasteiger partial charge in [0, 0.05) is 22.5 Å². The van der Waals surface area contributed by atoms with Crippen LogP contribution in [0.3, 0.4) is 0 Å². The van der Waals surface area contributed by atoms with E-state index in [4.69, 9.17) is 0 Å². The maximum absolute atomic E-state index is 11.9. The highest BCUT2D eigenvalue weighted by Gasteiger charge is 2.30. The van der Waals surface area contributed by atoms with Gasteiger partial charge in [-0.2, -0.15) is 0 Å². The van der Waals surface area contributed by atoms with E-state index < -0.39 is 5.41 Å². The molecular weight excluding hydrogens is 209 g/mol. The Morgan fingerprint density at radius 3 is 1.82 bits per heavy atom. The summed E-state index contributed by atoms with van der Waals surface area (Å²) in [5.74, 6) is 0.128. The van der Waals surface area contributed by atoms with Gasteiger partial charge in [0.25, 0.3) is 0 Å². The molecular formula is C14H23BNO. The Morgan fingerprint density at radius 1 is 1.06 bits per heavy atom. The first-order valence-corrected chi connectivity index (χ1v) is 5.73. The number of hydrogen-bond donors (Lipinski definition) is 0. The molecule has 0 bridgehead atoms. The molecule has 2 nitrogen and oxygen atoms in total. The van der Waals surface area contributed by atoms with Crippen LogP contribution >= 0.6 is 0 Å². The normalized spacial score (nSPS) is 9.53. The minimum absolute atomic E-state index is 0. The van der Waals surface area contributed by atoms with Crippen molar-refractivity contribution >= 4 is 14.3 Å². The van der Waals surface area contributed by atoms with Gasteiger partial charge in [-0.15, -0.1) is 0 Å². The third kappa shape index (κ3) is 4.64. The molecule has 0 spiro atoms. The molecule has 1 amide bonds. The van der Waals surface area contributed by atoms with Gasteiger partial charge >= 0.3 is 0 Å². The predicted molar refractivity (Wildman–Crippen MR) is 75.3 cm³/mol. The predicted octanol–water partition coefficient (Wildman–Crippen LogP) is 2.70. The molecule has 17 heavy (non-hydrogen) atoms. The van der Waals surface area contributed by atoms with Crippen LogP contribution in [0.5, 0.6) is 0 Å². The average Bonchev–Trinajstić information content (AvgIpc) is 2.31. The Balaban J connectivity index is 0. The molecule has 1 aromatic carbocycles. The molecule has 0 heterocycles. The van der Waals surface area contributed by atoms with Gasteiger partial charge in [-0.05, 0) is 19.4 Å². The first-order valence-electron chi connectivity index (χ1n) is 5.73. The fraction of sp³-hybridized carbons (Fsp3) is 0.500. The van der Waals surface area contributed by atoms with Crippen molar-refractivity contribution in [2.75, 3.05) is 14.1 Å². The monoisotopic (exact) mass is 232 g/mol. The van der Waals surface area contributed by atoms with E-state index >= 15 is 0 Å². The van der Waals surface area contributed by atoms with Crippen LogP contribution in [0.4, 0.5) is 0 Å². The third-order valence-electron chi connectivity index (χ3n) is 2.44. The summed E-state index contributed by atoms with van der Waals surface area (Å²) in [6.45, 7) is 7.90. The maximum atomic E-state index is 11.9. The molecule has 0 aliphatic rings. The second-order valence-electron chi connectivity index (χ2n) is 4.19. The van der Waals surface area contributed by atoms with Gasteiger partial charge in [0.15, 0.2) is 0 Å². The van der Waals surface area contributed by atoms with Gasteiger partial charge in [-0.1, -0.05) is 44.2 Å². The van der Waals surface area contributed by atoms with Crippen LogP contribution in [-0.2, 0) is 10.2 Å². The third-order valence-corrected chi connectivity index (χ3v) is 2.44. The Kier molecular flexibility index (Phi) is 8.46. The second-order valence-corrected chi connectivity index (χ2v) is 4.19. The summed E-state index contributed by atoms with van der Waals surface area (Å²) < 4.78 is 0. The molecule has 0 aliphatic heterocycles. The second kappa shape index (κ2) is 7.94. The fourth-order valence-electron chi connectivity index (χ4n) is 1.54. The number of carbonyl (C=O) groups excluding carboxylic acids is 1. The van der Waals surface area contributed by atoms with Crippen molar-refractivity contribution < 1.29 is 4.79 Å². The molecule has 3 heteroatoms. The Hall–Kier alpha value is -1.25. The van der Waals surface area contributed by atoms with Gasteiger partial charge in [-0.25, -0.2) is 0 Å². The Bertz CT molecular complexity index is 320. The Morgan fingerprint density at radius 2 is 1.47 bits per heavy atom. The lowest BCUT2D eigenvalue weighted by molar-refractivity contribution is -0.133. The number of hydrogen-bond acceptors (Lipinski definition) is 1. The molecule has 1 rings (SSSR count). The van der Waals surface area contributed by atoms with Crippen molar-refractivity contribution in [2.45, 2.75) is 33.1 Å². The highest BCUT2D eigenvalue weighted by molar-refractivity contribution is 5.86. The van der Waals surface area contributed by atoms with E-state index in [1.807, 2.05) is 58.0 Å². The number of nitrogens with zero attached hydrogens (tertiary/aromatic N) is 1. The molecule has 0 aromatic heterocycles. The molecule has 1 aromatic rings. The zero-order chi connectivity index (χ0) is 12.8. The zero-order valence-electron chi connectivity index (χ0n) is 11.8. The maximum Gasteiger partial charge on any atom is 0.232 e. The summed E-state index contributed by atoms with van der Waals surface area (Å²) in [5, 5.41) is 0. The molecule has 93 valence electrons. The molecule has 0 saturated carbocycles. The number of rotatable bonds is 2. The fourth-order valence-corrected chi connectivity index (χ4v) is 1.54. The molecule has 0 aliphatic carbocycles. The highest BCUT2D eigenvalue weighted by atomic mass is 16.2. The molecule has 0 N–H and O–H groups in total. The van der Waals surface area contributed by atoms with Crippen molar-refractivity contribution in [1.29, 1.82) is 0 Å². The summed E-state index contributed by atoms with van der Waals surface area (Å²) in [4.78, 5) is 13.5. The van der Waals surface area contributed by atoms with E-state index in [1.165, 1.54) is 0 Å². The van der Waals surface area contributed by atoms with Gasteiger partial charge in [-0.3, -0.25) is 4.79 Å². The van der Waals surface area contributed by atoms with Crippen LogP contribution in [0.15, 0.2) is 30.3 Å². The number of amides is 1. The molecule has 0 unspecified atom stereocenters. The van der Waals surface area contributed by atoms with Crippen molar-refractivity contribution in [3.8, 4) is 0 Å². The Labute approximate surface area is 108 Å². The largest absolute Gasteiger partial charge is 0.348 e. The van der Waals surface area contributed by atoms with Gasteiger partial charge in [0.2, 0.25) is 5.91 Å². The van der Waals surface area contributed by atoms with E-state index in [-0.39, 0.29) is 14.3 Å². The first kappa shape index (κ1) is 18.1. The first-order chi connectivity index (χ1) is 7.46. The van der Waals surface area contributed by atoms with E-state index in [1.54, 1.807) is 19.0 Å². The highest BCUT2D eigenvalue weighted by Crippen LogP contribution is 2.24. The lowest BCUT2D eigenvalue weighted by atomic mass is 9.83. The van der Waals surface area contributed by atoms with Gasteiger partial charge < -0.3 is 4.90 Å². The van der Waals surface area contributed by atoms with Gasteiger partial charge in [0.05, 0.1) is 5.41 Å². The quantitative estimate of drug-likeness (QED) is 0.718. The summed E-state index contributed by atoms with van der Waals surface area (Å²) in [6.07, 6.45) is 0. The van der Waals surface area contributed by atoms with E-state index in [9.17, 15) is 4.79 Å². The lowest BCUT2D eigenvalue weighted by Crippen LogP contribution is -2.39. The van der Waals surface area contributed by atoms with Crippen LogP contribution in [0.1, 0.15) is 33.3 Å². The smallest absolute Gasteiger partial charge is 0.232 e. The molecule has 0 atom stereocenters. The average molecular weight is 232 g/mol. The van der Waals surface area contributed by atoms with Crippen LogP contribution in [0.25, 0.3) is 0 Å². The molecule has 0 fully saturated rings. The van der Waals surface area contributed by atoms with Crippen LogP contribution in [0, 0.1) is 0 Å². The van der Waals surface area contributed by atoms with Crippen LogP contribution in [-0.4, -0.2) is 33.3 Å². The minimum atomic E-state index is -0.440. The van der Waals surface area contributed by atoms with Crippen molar-refractivity contribution in [3.63, 3.8) is 0 Å². The topological polar surface area (TPSA) is 20.3 Å². The SMILES string of the molecule is CC.CN(C)C(=O)C(C)(C)c1ccccc1.[B].